The van der Waals surface area contributed by atoms with E-state index in [2.05, 4.69) is 36.5 Å². The van der Waals surface area contributed by atoms with E-state index >= 15 is 0 Å². The van der Waals surface area contributed by atoms with E-state index in [1.54, 1.807) is 11.8 Å². The molecule has 2 aromatic rings. The highest BCUT2D eigenvalue weighted by molar-refractivity contribution is 8.00. The molecule has 1 amide bonds. The van der Waals surface area contributed by atoms with E-state index in [9.17, 15) is 4.79 Å². The summed E-state index contributed by atoms with van der Waals surface area (Å²) in [5.74, 6) is 2.88. The van der Waals surface area contributed by atoms with Gasteiger partial charge < -0.3 is 5.32 Å². The average Bonchev–Trinajstić information content (AvgIpc) is 2.72. The molecule has 0 radical (unpaired) electrons. The first-order chi connectivity index (χ1) is 14.1. The van der Waals surface area contributed by atoms with Crippen LogP contribution in [-0.2, 0) is 4.79 Å². The highest BCUT2D eigenvalue weighted by Gasteiger charge is 2.53. The Hall–Kier alpha value is -1.74. The monoisotopic (exact) mass is 405 g/mol. The lowest BCUT2D eigenvalue weighted by molar-refractivity contribution is -0.125. The topological polar surface area (TPSA) is 29.1 Å². The number of hydrogen-bond acceptors (Lipinski definition) is 2. The highest BCUT2D eigenvalue weighted by atomic mass is 32.2. The minimum absolute atomic E-state index is 0.160. The van der Waals surface area contributed by atoms with E-state index in [0.29, 0.717) is 5.41 Å². The van der Waals surface area contributed by atoms with Crippen LogP contribution in [0.1, 0.15) is 56.3 Å². The number of carbonyl (C=O) groups excluding carboxylic acids is 1. The summed E-state index contributed by atoms with van der Waals surface area (Å²) in [6.45, 7) is 2.28. The van der Waals surface area contributed by atoms with Gasteiger partial charge in [0.2, 0.25) is 5.91 Å². The van der Waals surface area contributed by atoms with Gasteiger partial charge in [0.15, 0.2) is 0 Å². The van der Waals surface area contributed by atoms with Gasteiger partial charge in [0.05, 0.1) is 0 Å². The van der Waals surface area contributed by atoms with Crippen molar-refractivity contribution in [3.8, 4) is 0 Å². The number of amides is 1. The molecule has 0 heterocycles. The summed E-state index contributed by atoms with van der Waals surface area (Å²) in [6, 6.07) is 20.8. The van der Waals surface area contributed by atoms with Gasteiger partial charge >= 0.3 is 0 Å². The molecule has 0 spiro atoms. The zero-order chi connectivity index (χ0) is 19.8. The Bertz CT molecular complexity index is 814. The molecule has 0 unspecified atom stereocenters. The van der Waals surface area contributed by atoms with Gasteiger partial charge in [0, 0.05) is 10.9 Å². The second-order valence-corrected chi connectivity index (χ2v) is 10.9. The van der Waals surface area contributed by atoms with Crippen LogP contribution in [0.25, 0.3) is 0 Å². The Labute approximate surface area is 178 Å². The Kier molecular flexibility index (Phi) is 5.19. The second-order valence-electron chi connectivity index (χ2n) is 9.73. The van der Waals surface area contributed by atoms with Crippen LogP contribution >= 0.6 is 11.8 Å². The number of thioether (sulfide) groups is 1. The summed E-state index contributed by atoms with van der Waals surface area (Å²) in [7, 11) is 0. The van der Waals surface area contributed by atoms with Gasteiger partial charge in [-0.2, -0.15) is 0 Å². The molecule has 4 aliphatic carbocycles. The number of benzene rings is 2. The molecule has 152 valence electrons. The van der Waals surface area contributed by atoms with Gasteiger partial charge in [-0.15, -0.1) is 11.8 Å². The van der Waals surface area contributed by atoms with Crippen molar-refractivity contribution in [2.75, 3.05) is 0 Å². The van der Waals surface area contributed by atoms with Crippen molar-refractivity contribution in [2.24, 2.45) is 23.2 Å². The number of rotatable bonds is 6. The molecule has 0 saturated heterocycles. The third-order valence-electron chi connectivity index (χ3n) is 7.70. The number of nitrogens with one attached hydrogen (secondary N) is 1. The lowest BCUT2D eigenvalue weighted by Crippen LogP contribution is -2.56. The normalized spacial score (nSPS) is 32.0. The van der Waals surface area contributed by atoms with Crippen molar-refractivity contribution in [3.63, 3.8) is 0 Å². The molecule has 0 aromatic heterocycles. The summed E-state index contributed by atoms with van der Waals surface area (Å²) in [4.78, 5) is 14.7. The molecule has 3 heteroatoms. The maximum atomic E-state index is 13.5. The smallest absolute Gasteiger partial charge is 0.238 e. The molecule has 2 atom stereocenters. The third kappa shape index (κ3) is 3.86. The minimum Gasteiger partial charge on any atom is -0.352 e. The lowest BCUT2D eigenvalue weighted by Gasteiger charge is -2.59. The molecule has 1 N–H and O–H groups in total. The van der Waals surface area contributed by atoms with Crippen molar-refractivity contribution in [1.29, 1.82) is 0 Å². The summed E-state index contributed by atoms with van der Waals surface area (Å²) in [5.41, 5.74) is 1.42. The quantitative estimate of drug-likeness (QED) is 0.576. The van der Waals surface area contributed by atoms with E-state index < -0.39 is 0 Å². The summed E-state index contributed by atoms with van der Waals surface area (Å²) < 4.78 is 0. The van der Waals surface area contributed by atoms with Crippen molar-refractivity contribution < 1.29 is 4.79 Å². The average molecular weight is 406 g/mol. The molecule has 6 rings (SSSR count). The van der Waals surface area contributed by atoms with Crippen LogP contribution in [0.4, 0.5) is 0 Å². The Balaban J connectivity index is 1.35. The van der Waals surface area contributed by atoms with Gasteiger partial charge in [0.25, 0.3) is 0 Å². The lowest BCUT2D eigenvalue weighted by atomic mass is 9.48. The van der Waals surface area contributed by atoms with E-state index in [0.717, 1.165) is 28.2 Å². The van der Waals surface area contributed by atoms with Crippen molar-refractivity contribution >= 4 is 17.7 Å². The zero-order valence-electron chi connectivity index (χ0n) is 17.2. The van der Waals surface area contributed by atoms with E-state index in [1.807, 2.05) is 36.4 Å². The van der Waals surface area contributed by atoms with Gasteiger partial charge in [-0.1, -0.05) is 48.5 Å². The predicted octanol–water partition coefficient (Wildman–Crippen LogP) is 6.24. The molecule has 4 aliphatic rings. The summed E-state index contributed by atoms with van der Waals surface area (Å²) in [6.07, 6.45) is 8.29. The van der Waals surface area contributed by atoms with Crippen LogP contribution in [0.15, 0.2) is 65.6 Å². The van der Waals surface area contributed by atoms with Crippen LogP contribution in [0.5, 0.6) is 0 Å². The third-order valence-corrected chi connectivity index (χ3v) is 8.97. The fraction of sp³-hybridized carbons (Fsp3) is 0.500. The standard InChI is InChI=1S/C26H31NOS/c1-18(26-15-19-12-20(16-26)14-21(13-19)17-26)27-25(28)24(22-8-4-2-5-9-22)29-23-10-6-3-7-11-23/h2-11,18-21,24H,12-17H2,1H3,(H,27,28)/t18-,19?,20?,21?,24-,26?/m1/s1. The molecule has 2 aromatic carbocycles. The molecule has 0 aliphatic heterocycles. The van der Waals surface area contributed by atoms with Crippen molar-refractivity contribution in [3.05, 3.63) is 66.2 Å². The number of hydrogen-bond donors (Lipinski definition) is 1. The largest absolute Gasteiger partial charge is 0.352 e. The Morgan fingerprint density at radius 1 is 0.897 bits per heavy atom. The first kappa shape index (κ1) is 19.2. The van der Waals surface area contributed by atoms with E-state index in [4.69, 9.17) is 0 Å². The fourth-order valence-electron chi connectivity index (χ4n) is 6.69. The van der Waals surface area contributed by atoms with Crippen molar-refractivity contribution in [1.82, 2.24) is 5.32 Å². The highest BCUT2D eigenvalue weighted by Crippen LogP contribution is 2.61. The molecule has 29 heavy (non-hydrogen) atoms. The van der Waals surface area contributed by atoms with Crippen LogP contribution in [0.3, 0.4) is 0 Å². The first-order valence-electron chi connectivity index (χ1n) is 11.2. The Morgan fingerprint density at radius 2 is 1.41 bits per heavy atom. The zero-order valence-corrected chi connectivity index (χ0v) is 18.0. The SMILES string of the molecule is C[C@@H](NC(=O)[C@H](Sc1ccccc1)c1ccccc1)C12CC3CC(CC(C3)C1)C2. The molecule has 4 saturated carbocycles. The van der Waals surface area contributed by atoms with Gasteiger partial charge in [0.1, 0.15) is 5.25 Å². The number of carbonyl (C=O) groups is 1. The van der Waals surface area contributed by atoms with Gasteiger partial charge in [-0.25, -0.2) is 0 Å². The van der Waals surface area contributed by atoms with Crippen LogP contribution < -0.4 is 5.32 Å². The minimum atomic E-state index is -0.213. The maximum Gasteiger partial charge on any atom is 0.238 e. The van der Waals surface area contributed by atoms with Crippen LogP contribution in [-0.4, -0.2) is 11.9 Å². The molecule has 4 fully saturated rings. The molecular formula is C26H31NOS. The summed E-state index contributed by atoms with van der Waals surface area (Å²) in [5, 5.41) is 3.28. The van der Waals surface area contributed by atoms with Gasteiger partial charge in [-0.05, 0) is 86.3 Å². The first-order valence-corrected chi connectivity index (χ1v) is 12.1. The predicted molar refractivity (Wildman–Crippen MR) is 120 cm³/mol. The fourth-order valence-corrected chi connectivity index (χ4v) is 7.74. The van der Waals surface area contributed by atoms with Gasteiger partial charge in [-0.3, -0.25) is 4.79 Å². The maximum absolute atomic E-state index is 13.5. The van der Waals surface area contributed by atoms with E-state index in [-0.39, 0.29) is 17.2 Å². The molecular weight excluding hydrogens is 374 g/mol. The van der Waals surface area contributed by atoms with E-state index in [1.165, 1.54) is 38.5 Å². The second kappa shape index (κ2) is 7.83. The van der Waals surface area contributed by atoms with Crippen LogP contribution in [0.2, 0.25) is 0 Å². The Morgan fingerprint density at radius 3 is 1.97 bits per heavy atom. The molecule has 2 nitrogen and oxygen atoms in total. The van der Waals surface area contributed by atoms with Crippen molar-refractivity contribution in [2.45, 2.75) is 61.6 Å². The van der Waals surface area contributed by atoms with Crippen LogP contribution in [0, 0.1) is 23.2 Å². The molecule has 4 bridgehead atoms. The summed E-state index contributed by atoms with van der Waals surface area (Å²) >= 11 is 1.66.